The highest BCUT2D eigenvalue weighted by atomic mass is 32.1. The van der Waals surface area contributed by atoms with E-state index in [1.54, 1.807) is 23.4 Å². The summed E-state index contributed by atoms with van der Waals surface area (Å²) in [5.74, 6) is 0. The van der Waals surface area contributed by atoms with E-state index < -0.39 is 0 Å². The van der Waals surface area contributed by atoms with Crippen LogP contribution >= 0.6 is 11.3 Å². The molecule has 0 bridgehead atoms. The van der Waals surface area contributed by atoms with Gasteiger partial charge in [0.05, 0.1) is 28.7 Å². The van der Waals surface area contributed by atoms with Crippen molar-refractivity contribution in [2.24, 2.45) is 7.05 Å². The molecule has 8 nitrogen and oxygen atoms in total. The third-order valence-electron chi connectivity index (χ3n) is 5.61. The van der Waals surface area contributed by atoms with Gasteiger partial charge in [-0.05, 0) is 29.8 Å². The number of hydrogen-bond acceptors (Lipinski definition) is 6. The van der Waals surface area contributed by atoms with Gasteiger partial charge in [0.15, 0.2) is 0 Å². The van der Waals surface area contributed by atoms with Crippen LogP contribution in [0.1, 0.15) is 5.69 Å². The maximum Gasteiger partial charge on any atom is 0.276 e. The Balaban J connectivity index is 1.49. The molecular formula is C24H19N7OS. The average Bonchev–Trinajstić information content (AvgIpc) is 3.57. The summed E-state index contributed by atoms with van der Waals surface area (Å²) in [6.07, 6.45) is 11.7. The van der Waals surface area contributed by atoms with Gasteiger partial charge < -0.3 is 8.97 Å². The van der Waals surface area contributed by atoms with E-state index in [2.05, 4.69) is 15.0 Å². The van der Waals surface area contributed by atoms with Crippen molar-refractivity contribution < 1.29 is 0 Å². The zero-order chi connectivity index (χ0) is 22.4. The largest absolute Gasteiger partial charge is 0.340 e. The number of pyridine rings is 2. The zero-order valence-corrected chi connectivity index (χ0v) is 18.6. The number of fused-ring (bicyclic) bond motifs is 2. The normalized spacial score (nSPS) is 11.5. The topological polar surface area (TPSA) is 82.9 Å². The van der Waals surface area contributed by atoms with Crippen LogP contribution < -0.4 is 5.56 Å². The van der Waals surface area contributed by atoms with Gasteiger partial charge in [-0.25, -0.2) is 14.6 Å². The summed E-state index contributed by atoms with van der Waals surface area (Å²) < 4.78 is 6.25. The second-order valence-electron chi connectivity index (χ2n) is 7.84. The number of nitrogens with zero attached hydrogens (tertiary/aromatic N) is 7. The Kier molecular flexibility index (Phi) is 4.62. The average molecular weight is 454 g/mol. The highest BCUT2D eigenvalue weighted by Gasteiger charge is 2.20. The number of hydrogen-bond donors (Lipinski definition) is 0. The summed E-state index contributed by atoms with van der Waals surface area (Å²) in [5, 5.41) is 7.43. The minimum absolute atomic E-state index is 0.110. The summed E-state index contributed by atoms with van der Waals surface area (Å²) in [7, 11) is 1.92. The van der Waals surface area contributed by atoms with Crippen LogP contribution in [0.2, 0.25) is 0 Å². The molecule has 0 N–H and O–H groups in total. The molecule has 0 aliphatic carbocycles. The molecule has 0 saturated carbocycles. The fourth-order valence-corrected chi connectivity index (χ4v) is 5.07. The van der Waals surface area contributed by atoms with E-state index in [0.29, 0.717) is 24.0 Å². The Morgan fingerprint density at radius 1 is 1.09 bits per heavy atom. The fraction of sp³-hybridized carbons (Fsp3) is 0.125. The molecule has 0 saturated heterocycles. The van der Waals surface area contributed by atoms with Crippen molar-refractivity contribution in [3.8, 4) is 22.5 Å². The zero-order valence-electron chi connectivity index (χ0n) is 17.8. The molecule has 0 aliphatic rings. The first-order valence-electron chi connectivity index (χ1n) is 10.5. The van der Waals surface area contributed by atoms with E-state index in [0.717, 1.165) is 32.9 Å². The van der Waals surface area contributed by atoms with E-state index >= 15 is 0 Å². The van der Waals surface area contributed by atoms with Crippen molar-refractivity contribution in [3.05, 3.63) is 89.1 Å². The van der Waals surface area contributed by atoms with E-state index in [1.165, 1.54) is 11.3 Å². The molecule has 0 aliphatic heterocycles. The van der Waals surface area contributed by atoms with Crippen molar-refractivity contribution in [3.63, 3.8) is 0 Å². The molecule has 6 heterocycles. The first kappa shape index (κ1) is 19.6. The fourth-order valence-electron chi connectivity index (χ4n) is 4.01. The SMILES string of the molecule is Cn1cnc(-c2nn(CCc3cn4ccccc4n3)c(=O)c3c(-c4ccncc4)csc23)c1. The molecule has 9 heteroatoms. The van der Waals surface area contributed by atoms with Crippen LogP contribution in [-0.4, -0.2) is 33.7 Å². The molecule has 33 heavy (non-hydrogen) atoms. The van der Waals surface area contributed by atoms with E-state index in [1.807, 2.05) is 70.3 Å². The molecule has 6 rings (SSSR count). The molecular weight excluding hydrogens is 434 g/mol. The molecule has 162 valence electrons. The summed E-state index contributed by atoms with van der Waals surface area (Å²) in [6.45, 7) is 0.421. The van der Waals surface area contributed by atoms with Crippen molar-refractivity contribution >= 4 is 27.1 Å². The van der Waals surface area contributed by atoms with Crippen molar-refractivity contribution in [1.29, 1.82) is 0 Å². The second kappa shape index (κ2) is 7.79. The van der Waals surface area contributed by atoms with E-state index in [4.69, 9.17) is 5.10 Å². The molecule has 0 aromatic carbocycles. The monoisotopic (exact) mass is 453 g/mol. The number of aryl methyl sites for hydroxylation is 3. The maximum absolute atomic E-state index is 13.6. The lowest BCUT2D eigenvalue weighted by Crippen LogP contribution is -2.24. The lowest BCUT2D eigenvalue weighted by atomic mass is 10.1. The van der Waals surface area contributed by atoms with Crippen LogP contribution in [0.5, 0.6) is 0 Å². The molecule has 6 aromatic heterocycles. The number of imidazole rings is 2. The summed E-state index contributed by atoms with van der Waals surface area (Å²) in [4.78, 5) is 26.9. The quantitative estimate of drug-likeness (QED) is 0.396. The van der Waals surface area contributed by atoms with Crippen molar-refractivity contribution in [2.75, 3.05) is 0 Å². The smallest absolute Gasteiger partial charge is 0.276 e. The van der Waals surface area contributed by atoms with Gasteiger partial charge in [-0.2, -0.15) is 5.10 Å². The van der Waals surface area contributed by atoms with Gasteiger partial charge in [-0.1, -0.05) is 6.07 Å². The van der Waals surface area contributed by atoms with Crippen molar-refractivity contribution in [1.82, 2.24) is 33.7 Å². The highest BCUT2D eigenvalue weighted by molar-refractivity contribution is 7.18. The summed E-state index contributed by atoms with van der Waals surface area (Å²) >= 11 is 1.52. The van der Waals surface area contributed by atoms with Crippen LogP contribution in [0.15, 0.2) is 77.8 Å². The Hall–Kier alpha value is -4.11. The van der Waals surface area contributed by atoms with Crippen LogP contribution in [0, 0.1) is 0 Å². The van der Waals surface area contributed by atoms with Gasteiger partial charge in [0.1, 0.15) is 17.0 Å². The molecule has 6 aromatic rings. The Bertz CT molecular complexity index is 1630. The number of rotatable bonds is 5. The molecule has 0 fully saturated rings. The number of aromatic nitrogens is 7. The highest BCUT2D eigenvalue weighted by Crippen LogP contribution is 2.36. The standard InChI is InChI=1S/C24H19N7OS/c1-29-13-19(26-15-29)22-23-21(18(14-33-23)16-5-8-25-9-6-16)24(32)31(28-22)11-7-17-12-30-10-3-2-4-20(30)27-17/h2-6,8-10,12-15H,7,11H2,1H3. The number of thiophene rings is 1. The molecule has 0 atom stereocenters. The van der Waals surface area contributed by atoms with Gasteiger partial charge >= 0.3 is 0 Å². The van der Waals surface area contributed by atoms with Crippen LogP contribution in [0.25, 0.3) is 38.2 Å². The van der Waals surface area contributed by atoms with Gasteiger partial charge in [-0.15, -0.1) is 11.3 Å². The molecule has 0 radical (unpaired) electrons. The third kappa shape index (κ3) is 3.42. The molecule has 0 spiro atoms. The Morgan fingerprint density at radius 2 is 1.97 bits per heavy atom. The van der Waals surface area contributed by atoms with Crippen LogP contribution in [0.4, 0.5) is 0 Å². The third-order valence-corrected chi connectivity index (χ3v) is 6.59. The Morgan fingerprint density at radius 3 is 2.76 bits per heavy atom. The second-order valence-corrected chi connectivity index (χ2v) is 8.72. The van der Waals surface area contributed by atoms with Gasteiger partial charge in [0.2, 0.25) is 0 Å². The van der Waals surface area contributed by atoms with Gasteiger partial charge in [0.25, 0.3) is 5.56 Å². The molecule has 0 unspecified atom stereocenters. The minimum atomic E-state index is -0.110. The lowest BCUT2D eigenvalue weighted by Gasteiger charge is -2.08. The predicted molar refractivity (Wildman–Crippen MR) is 128 cm³/mol. The van der Waals surface area contributed by atoms with E-state index in [-0.39, 0.29) is 5.56 Å². The van der Waals surface area contributed by atoms with Crippen LogP contribution in [-0.2, 0) is 20.0 Å². The summed E-state index contributed by atoms with van der Waals surface area (Å²) in [5.41, 5.74) is 4.99. The van der Waals surface area contributed by atoms with Crippen molar-refractivity contribution in [2.45, 2.75) is 13.0 Å². The van der Waals surface area contributed by atoms with Gasteiger partial charge in [0, 0.05) is 55.4 Å². The van der Waals surface area contributed by atoms with Crippen LogP contribution in [0.3, 0.4) is 0 Å². The first-order valence-corrected chi connectivity index (χ1v) is 11.4. The summed E-state index contributed by atoms with van der Waals surface area (Å²) in [6, 6.07) is 9.73. The molecule has 0 amide bonds. The van der Waals surface area contributed by atoms with E-state index in [9.17, 15) is 4.79 Å². The maximum atomic E-state index is 13.6. The lowest BCUT2D eigenvalue weighted by molar-refractivity contribution is 0.583. The Labute approximate surface area is 192 Å². The predicted octanol–water partition coefficient (Wildman–Crippen LogP) is 3.81. The van der Waals surface area contributed by atoms with Gasteiger partial charge in [-0.3, -0.25) is 9.78 Å². The first-order chi connectivity index (χ1) is 16.2. The minimum Gasteiger partial charge on any atom is -0.340 e.